The number of carbonyl (C=O) groups excluding carboxylic acids is 2. The van der Waals surface area contributed by atoms with E-state index in [-0.39, 0.29) is 18.4 Å². The van der Waals surface area contributed by atoms with Gasteiger partial charge in [0, 0.05) is 31.7 Å². The third-order valence-electron chi connectivity index (χ3n) is 5.96. The molecule has 4 rings (SSSR count). The topological polar surface area (TPSA) is 61.9 Å². The van der Waals surface area contributed by atoms with Gasteiger partial charge in [-0.1, -0.05) is 0 Å². The van der Waals surface area contributed by atoms with Crippen LogP contribution in [0.4, 0.5) is 5.69 Å². The molecular formula is C20H27N3O3. The van der Waals surface area contributed by atoms with E-state index in [1.54, 1.807) is 4.90 Å². The van der Waals surface area contributed by atoms with Crippen LogP contribution in [-0.4, -0.2) is 56.0 Å². The third-order valence-corrected chi connectivity index (χ3v) is 5.96. The number of fused-ring (bicyclic) bond motifs is 1. The van der Waals surface area contributed by atoms with Crippen molar-refractivity contribution >= 4 is 17.5 Å². The van der Waals surface area contributed by atoms with Gasteiger partial charge in [-0.15, -0.1) is 0 Å². The summed E-state index contributed by atoms with van der Waals surface area (Å²) in [6.07, 6.45) is 3.71. The van der Waals surface area contributed by atoms with Gasteiger partial charge in [0.05, 0.1) is 0 Å². The maximum Gasteiger partial charge on any atom is 0.260 e. The molecule has 6 nitrogen and oxygen atoms in total. The van der Waals surface area contributed by atoms with Gasteiger partial charge in [-0.3, -0.25) is 9.59 Å². The zero-order valence-electron chi connectivity index (χ0n) is 15.2. The fourth-order valence-corrected chi connectivity index (χ4v) is 4.35. The molecule has 3 heterocycles. The number of hydrogen-bond donors (Lipinski definition) is 1. The number of nitrogens with one attached hydrogen (secondary N) is 1. The highest BCUT2D eigenvalue weighted by molar-refractivity contribution is 5.95. The van der Waals surface area contributed by atoms with Crippen molar-refractivity contribution in [2.45, 2.75) is 25.7 Å². The molecule has 3 aliphatic heterocycles. The number of amides is 2. The SMILES string of the molecule is O=C(COc1ccc(N2CCCC2=O)cc1)N1CC[C@@H]2CNC[C@@H]2CC1. The molecular weight excluding hydrogens is 330 g/mol. The van der Waals surface area contributed by atoms with Gasteiger partial charge in [0.15, 0.2) is 6.61 Å². The fraction of sp³-hybridized carbons (Fsp3) is 0.600. The van der Waals surface area contributed by atoms with Crippen LogP contribution in [0.2, 0.25) is 0 Å². The van der Waals surface area contributed by atoms with Crippen LogP contribution in [0.15, 0.2) is 24.3 Å². The molecule has 0 aromatic heterocycles. The first-order valence-electron chi connectivity index (χ1n) is 9.72. The Labute approximate surface area is 154 Å². The van der Waals surface area contributed by atoms with E-state index in [0.29, 0.717) is 12.2 Å². The van der Waals surface area contributed by atoms with Crippen molar-refractivity contribution in [1.82, 2.24) is 10.2 Å². The van der Waals surface area contributed by atoms with Crippen LogP contribution in [0.3, 0.4) is 0 Å². The van der Waals surface area contributed by atoms with Gasteiger partial charge in [0.1, 0.15) is 5.75 Å². The number of nitrogens with zero attached hydrogens (tertiary/aromatic N) is 2. The first-order chi connectivity index (χ1) is 12.7. The van der Waals surface area contributed by atoms with E-state index in [1.165, 1.54) is 0 Å². The maximum atomic E-state index is 12.5. The molecule has 2 atom stereocenters. The van der Waals surface area contributed by atoms with Gasteiger partial charge in [-0.25, -0.2) is 0 Å². The highest BCUT2D eigenvalue weighted by Gasteiger charge is 2.31. The Morgan fingerprint density at radius 1 is 1.08 bits per heavy atom. The van der Waals surface area contributed by atoms with E-state index < -0.39 is 0 Å². The van der Waals surface area contributed by atoms with Gasteiger partial charge in [-0.2, -0.15) is 0 Å². The molecule has 3 fully saturated rings. The molecule has 0 spiro atoms. The number of anilines is 1. The zero-order valence-corrected chi connectivity index (χ0v) is 15.2. The van der Waals surface area contributed by atoms with E-state index in [0.717, 1.165) is 69.5 Å². The lowest BCUT2D eigenvalue weighted by molar-refractivity contribution is -0.133. The first-order valence-corrected chi connectivity index (χ1v) is 9.72. The zero-order chi connectivity index (χ0) is 17.9. The normalized spacial score (nSPS) is 25.9. The van der Waals surface area contributed by atoms with Crippen molar-refractivity contribution in [3.05, 3.63) is 24.3 Å². The Bertz CT molecular complexity index is 647. The van der Waals surface area contributed by atoms with Gasteiger partial charge >= 0.3 is 0 Å². The molecule has 1 aromatic carbocycles. The monoisotopic (exact) mass is 357 g/mol. The van der Waals surface area contributed by atoms with Gasteiger partial charge in [0.2, 0.25) is 5.91 Å². The quantitative estimate of drug-likeness (QED) is 0.890. The molecule has 0 bridgehead atoms. The number of carbonyl (C=O) groups is 2. The standard InChI is InChI=1S/C20H27N3O3/c24-19-2-1-9-23(19)17-3-5-18(6-4-17)26-14-20(25)22-10-7-15-12-21-13-16(15)8-11-22/h3-6,15-16,21H,1-2,7-14H2/t15-,16+. The maximum absolute atomic E-state index is 12.5. The van der Waals surface area contributed by atoms with E-state index >= 15 is 0 Å². The molecule has 1 aromatic rings. The summed E-state index contributed by atoms with van der Waals surface area (Å²) < 4.78 is 5.69. The second-order valence-electron chi connectivity index (χ2n) is 7.57. The second kappa shape index (κ2) is 7.66. The Balaban J connectivity index is 1.28. The lowest BCUT2D eigenvalue weighted by Crippen LogP contribution is -2.36. The van der Waals surface area contributed by atoms with Crippen molar-refractivity contribution < 1.29 is 14.3 Å². The number of likely N-dealkylation sites (tertiary alicyclic amines) is 1. The largest absolute Gasteiger partial charge is 0.484 e. The third kappa shape index (κ3) is 3.70. The van der Waals surface area contributed by atoms with E-state index in [9.17, 15) is 9.59 Å². The molecule has 0 radical (unpaired) electrons. The van der Waals surface area contributed by atoms with Crippen molar-refractivity contribution in [2.24, 2.45) is 11.8 Å². The molecule has 0 saturated carbocycles. The van der Waals surface area contributed by atoms with Crippen molar-refractivity contribution in [3.8, 4) is 5.75 Å². The molecule has 3 saturated heterocycles. The summed E-state index contributed by atoms with van der Waals surface area (Å²) in [5.74, 6) is 2.35. The van der Waals surface area contributed by atoms with Crippen molar-refractivity contribution in [1.29, 1.82) is 0 Å². The van der Waals surface area contributed by atoms with Crippen LogP contribution in [-0.2, 0) is 9.59 Å². The lowest BCUT2D eigenvalue weighted by atomic mass is 9.92. The lowest BCUT2D eigenvalue weighted by Gasteiger charge is -2.21. The molecule has 6 heteroatoms. The Morgan fingerprint density at radius 3 is 2.38 bits per heavy atom. The number of benzene rings is 1. The Hall–Kier alpha value is -2.08. The summed E-state index contributed by atoms with van der Waals surface area (Å²) in [5, 5.41) is 3.46. The minimum atomic E-state index is 0.0664. The Morgan fingerprint density at radius 2 is 1.77 bits per heavy atom. The van der Waals surface area contributed by atoms with Crippen LogP contribution in [0.25, 0.3) is 0 Å². The van der Waals surface area contributed by atoms with E-state index in [4.69, 9.17) is 4.74 Å². The number of hydrogen-bond acceptors (Lipinski definition) is 4. The molecule has 0 unspecified atom stereocenters. The molecule has 0 aliphatic carbocycles. The van der Waals surface area contributed by atoms with Crippen LogP contribution in [0.1, 0.15) is 25.7 Å². The second-order valence-corrected chi connectivity index (χ2v) is 7.57. The van der Waals surface area contributed by atoms with Crippen LogP contribution in [0, 0.1) is 11.8 Å². The average molecular weight is 357 g/mol. The smallest absolute Gasteiger partial charge is 0.260 e. The van der Waals surface area contributed by atoms with Gasteiger partial charge in [0.25, 0.3) is 5.91 Å². The first kappa shape index (κ1) is 17.3. The summed E-state index contributed by atoms with van der Waals surface area (Å²) in [4.78, 5) is 28.0. The molecule has 140 valence electrons. The average Bonchev–Trinajstić information content (AvgIpc) is 3.24. The van der Waals surface area contributed by atoms with Crippen LogP contribution in [0.5, 0.6) is 5.75 Å². The molecule has 3 aliphatic rings. The molecule has 1 N–H and O–H groups in total. The summed E-state index contributed by atoms with van der Waals surface area (Å²) >= 11 is 0. The van der Waals surface area contributed by atoms with E-state index in [2.05, 4.69) is 5.32 Å². The summed E-state index contributed by atoms with van der Waals surface area (Å²) in [6.45, 7) is 4.71. The minimum Gasteiger partial charge on any atom is -0.484 e. The molecule has 26 heavy (non-hydrogen) atoms. The highest BCUT2D eigenvalue weighted by atomic mass is 16.5. The highest BCUT2D eigenvalue weighted by Crippen LogP contribution is 2.27. The number of ether oxygens (including phenoxy) is 1. The minimum absolute atomic E-state index is 0.0664. The molecule has 2 amide bonds. The van der Waals surface area contributed by atoms with Crippen LogP contribution >= 0.6 is 0 Å². The number of rotatable bonds is 4. The van der Waals surface area contributed by atoms with Gasteiger partial charge < -0.3 is 19.9 Å². The summed E-state index contributed by atoms with van der Waals surface area (Å²) in [7, 11) is 0. The summed E-state index contributed by atoms with van der Waals surface area (Å²) in [5.41, 5.74) is 0.902. The van der Waals surface area contributed by atoms with Gasteiger partial charge in [-0.05, 0) is 68.5 Å². The summed E-state index contributed by atoms with van der Waals surface area (Å²) in [6, 6.07) is 7.46. The predicted octanol–water partition coefficient (Wildman–Crippen LogP) is 1.65. The van der Waals surface area contributed by atoms with Crippen molar-refractivity contribution in [3.63, 3.8) is 0 Å². The predicted molar refractivity (Wildman–Crippen MR) is 99.2 cm³/mol. The van der Waals surface area contributed by atoms with E-state index in [1.807, 2.05) is 29.2 Å². The Kier molecular flexibility index (Phi) is 5.11. The van der Waals surface area contributed by atoms with Crippen LogP contribution < -0.4 is 15.0 Å². The fourth-order valence-electron chi connectivity index (χ4n) is 4.35. The van der Waals surface area contributed by atoms with Crippen molar-refractivity contribution in [2.75, 3.05) is 44.2 Å².